The highest BCUT2D eigenvalue weighted by Crippen LogP contribution is 2.27. The molecule has 3 aromatic rings. The summed E-state index contributed by atoms with van der Waals surface area (Å²) < 4.78 is 10.7. The highest BCUT2D eigenvalue weighted by atomic mass is 16.5. The number of hydrogen-bond acceptors (Lipinski definition) is 3. The molecule has 0 amide bonds. The minimum Gasteiger partial charge on any atom is -0.493 e. The molecule has 0 aliphatic heterocycles. The number of nitrogens with one attached hydrogen (secondary N) is 3. The fourth-order valence-corrected chi connectivity index (χ4v) is 3.40. The molecule has 1 heterocycles. The molecule has 29 heavy (non-hydrogen) atoms. The van der Waals surface area contributed by atoms with Crippen molar-refractivity contribution in [2.24, 2.45) is 4.99 Å². The predicted molar refractivity (Wildman–Crippen MR) is 119 cm³/mol. The number of hydrogen-bond donors (Lipinski definition) is 3. The predicted octanol–water partition coefficient (Wildman–Crippen LogP) is 3.44. The molecule has 0 fully saturated rings. The Balaban J connectivity index is 1.47. The van der Waals surface area contributed by atoms with E-state index in [1.807, 2.05) is 12.1 Å². The lowest BCUT2D eigenvalue weighted by Gasteiger charge is -2.13. The van der Waals surface area contributed by atoms with E-state index in [9.17, 15) is 0 Å². The Labute approximate surface area is 172 Å². The molecule has 6 nitrogen and oxygen atoms in total. The Morgan fingerprint density at radius 2 is 1.72 bits per heavy atom. The van der Waals surface area contributed by atoms with E-state index in [1.165, 1.54) is 27.6 Å². The summed E-state index contributed by atoms with van der Waals surface area (Å²) in [5.41, 5.74) is 4.95. The summed E-state index contributed by atoms with van der Waals surface area (Å²) in [5, 5.41) is 8.04. The first-order chi connectivity index (χ1) is 14.1. The monoisotopic (exact) mass is 394 g/mol. The largest absolute Gasteiger partial charge is 0.493 e. The maximum absolute atomic E-state index is 5.37. The van der Waals surface area contributed by atoms with Gasteiger partial charge in [-0.25, -0.2) is 0 Å². The smallest absolute Gasteiger partial charge is 0.190 e. The Bertz CT molecular complexity index is 978. The maximum Gasteiger partial charge on any atom is 0.190 e. The Morgan fingerprint density at radius 3 is 2.45 bits per heavy atom. The van der Waals surface area contributed by atoms with Crippen LogP contribution < -0.4 is 20.1 Å². The van der Waals surface area contributed by atoms with Crippen molar-refractivity contribution >= 4 is 16.9 Å². The average molecular weight is 395 g/mol. The molecule has 0 unspecified atom stereocenters. The van der Waals surface area contributed by atoms with E-state index >= 15 is 0 Å². The first-order valence-electron chi connectivity index (χ1n) is 9.86. The third-order valence-electron chi connectivity index (χ3n) is 4.99. The van der Waals surface area contributed by atoms with Gasteiger partial charge in [0.05, 0.1) is 14.2 Å². The summed E-state index contributed by atoms with van der Waals surface area (Å²) in [6.07, 6.45) is 3.89. The van der Waals surface area contributed by atoms with Crippen molar-refractivity contribution in [3.63, 3.8) is 0 Å². The lowest BCUT2D eigenvalue weighted by atomic mass is 10.1. The van der Waals surface area contributed by atoms with Crippen LogP contribution in [0.1, 0.15) is 16.7 Å². The fourth-order valence-electron chi connectivity index (χ4n) is 3.40. The molecule has 2 aromatic carbocycles. The molecule has 0 radical (unpaired) electrons. The van der Waals surface area contributed by atoms with E-state index < -0.39 is 0 Å². The minimum absolute atomic E-state index is 0.745. The van der Waals surface area contributed by atoms with Crippen LogP contribution in [0, 0.1) is 6.92 Å². The number of aromatic amines is 1. The second kappa shape index (κ2) is 9.87. The van der Waals surface area contributed by atoms with E-state index in [4.69, 9.17) is 9.47 Å². The molecule has 3 N–H and O–H groups in total. The Hall–Kier alpha value is -3.15. The van der Waals surface area contributed by atoms with Gasteiger partial charge in [-0.05, 0) is 54.7 Å². The zero-order valence-electron chi connectivity index (χ0n) is 17.6. The van der Waals surface area contributed by atoms with Gasteiger partial charge in [0.1, 0.15) is 0 Å². The second-order valence-corrected chi connectivity index (χ2v) is 6.98. The fraction of sp³-hybridized carbons (Fsp3) is 0.348. The lowest BCUT2D eigenvalue weighted by Crippen LogP contribution is -2.39. The van der Waals surface area contributed by atoms with E-state index in [-0.39, 0.29) is 0 Å². The van der Waals surface area contributed by atoms with Gasteiger partial charge in [0.15, 0.2) is 17.5 Å². The van der Waals surface area contributed by atoms with Crippen molar-refractivity contribution in [3.05, 3.63) is 59.3 Å². The summed E-state index contributed by atoms with van der Waals surface area (Å²) in [4.78, 5) is 7.67. The summed E-state index contributed by atoms with van der Waals surface area (Å²) in [7, 11) is 5.09. The van der Waals surface area contributed by atoms with Gasteiger partial charge >= 0.3 is 0 Å². The number of benzene rings is 2. The van der Waals surface area contributed by atoms with Gasteiger partial charge in [0.2, 0.25) is 0 Å². The number of guanidine groups is 1. The molecule has 154 valence electrons. The Morgan fingerprint density at radius 1 is 0.966 bits per heavy atom. The summed E-state index contributed by atoms with van der Waals surface area (Å²) in [6.45, 7) is 3.71. The molecule has 0 bridgehead atoms. The second-order valence-electron chi connectivity index (χ2n) is 6.98. The highest BCUT2D eigenvalue weighted by molar-refractivity contribution is 5.84. The maximum atomic E-state index is 5.37. The lowest BCUT2D eigenvalue weighted by molar-refractivity contribution is 0.354. The zero-order chi connectivity index (χ0) is 20.6. The number of nitrogens with zero attached hydrogens (tertiary/aromatic N) is 1. The number of ether oxygens (including phenoxy) is 2. The first-order valence-corrected chi connectivity index (χ1v) is 9.86. The van der Waals surface area contributed by atoms with Crippen molar-refractivity contribution in [2.75, 3.05) is 34.4 Å². The van der Waals surface area contributed by atoms with Crippen LogP contribution in [0.15, 0.2) is 47.6 Å². The molecular formula is C23H30N4O2. The van der Waals surface area contributed by atoms with Crippen LogP contribution in [0.5, 0.6) is 11.5 Å². The van der Waals surface area contributed by atoms with Crippen LogP contribution in [0.3, 0.4) is 0 Å². The number of aromatic nitrogens is 1. The molecule has 3 rings (SSSR count). The molecule has 0 spiro atoms. The minimum atomic E-state index is 0.745. The number of aryl methyl sites for hydroxylation is 1. The summed E-state index contributed by atoms with van der Waals surface area (Å²) in [6, 6.07) is 12.5. The van der Waals surface area contributed by atoms with Gasteiger partial charge in [0, 0.05) is 37.2 Å². The molecule has 0 atom stereocenters. The van der Waals surface area contributed by atoms with Crippen molar-refractivity contribution in [1.82, 2.24) is 15.6 Å². The van der Waals surface area contributed by atoms with E-state index in [2.05, 4.69) is 58.0 Å². The van der Waals surface area contributed by atoms with E-state index in [0.29, 0.717) is 0 Å². The van der Waals surface area contributed by atoms with Crippen LogP contribution in [0.2, 0.25) is 0 Å². The number of fused-ring (bicyclic) bond motifs is 1. The summed E-state index contributed by atoms with van der Waals surface area (Å²) in [5.74, 6) is 2.30. The topological polar surface area (TPSA) is 70.7 Å². The molecule has 0 aliphatic carbocycles. The van der Waals surface area contributed by atoms with Crippen molar-refractivity contribution in [1.29, 1.82) is 0 Å². The SMILES string of the molecule is CN=C(NCCc1ccc(OC)c(OC)c1)NCCc1c[nH]c2cc(C)ccc12. The number of rotatable bonds is 8. The van der Waals surface area contributed by atoms with Crippen LogP contribution in [0.4, 0.5) is 0 Å². The molecular weight excluding hydrogens is 364 g/mol. The standard InChI is InChI=1S/C23H30N4O2/c1-16-5-7-19-18(15-27-20(19)13-16)10-12-26-23(24-2)25-11-9-17-6-8-21(28-3)22(14-17)29-4/h5-8,13-15,27H,9-12H2,1-4H3,(H2,24,25,26). The van der Waals surface area contributed by atoms with Crippen LogP contribution in [-0.4, -0.2) is 45.3 Å². The Kier molecular flexibility index (Phi) is 7.00. The highest BCUT2D eigenvalue weighted by Gasteiger charge is 2.06. The van der Waals surface area contributed by atoms with Crippen molar-refractivity contribution in [3.8, 4) is 11.5 Å². The van der Waals surface area contributed by atoms with E-state index in [0.717, 1.165) is 43.4 Å². The van der Waals surface area contributed by atoms with E-state index in [1.54, 1.807) is 21.3 Å². The number of methoxy groups -OCH3 is 2. The van der Waals surface area contributed by atoms with Crippen LogP contribution in [-0.2, 0) is 12.8 Å². The normalized spacial score (nSPS) is 11.5. The van der Waals surface area contributed by atoms with Gasteiger partial charge in [-0.3, -0.25) is 4.99 Å². The molecule has 0 saturated heterocycles. The van der Waals surface area contributed by atoms with Crippen molar-refractivity contribution < 1.29 is 9.47 Å². The quantitative estimate of drug-likeness (QED) is 0.404. The molecule has 6 heteroatoms. The van der Waals surface area contributed by atoms with Gasteiger partial charge < -0.3 is 25.1 Å². The summed E-state index contributed by atoms with van der Waals surface area (Å²) >= 11 is 0. The first kappa shape index (κ1) is 20.6. The zero-order valence-corrected chi connectivity index (χ0v) is 17.6. The van der Waals surface area contributed by atoms with Crippen molar-refractivity contribution in [2.45, 2.75) is 19.8 Å². The molecule has 0 aliphatic rings. The van der Waals surface area contributed by atoms with Crippen LogP contribution in [0.25, 0.3) is 10.9 Å². The number of aliphatic imine (C=N–C) groups is 1. The van der Waals surface area contributed by atoms with Crippen LogP contribution >= 0.6 is 0 Å². The molecule has 0 saturated carbocycles. The van der Waals surface area contributed by atoms with Gasteiger partial charge in [0.25, 0.3) is 0 Å². The average Bonchev–Trinajstić information content (AvgIpc) is 3.14. The third-order valence-corrected chi connectivity index (χ3v) is 4.99. The van der Waals surface area contributed by atoms with Gasteiger partial charge in [-0.1, -0.05) is 18.2 Å². The number of H-pyrrole nitrogens is 1. The van der Waals surface area contributed by atoms with Gasteiger partial charge in [-0.15, -0.1) is 0 Å². The third kappa shape index (κ3) is 5.22. The van der Waals surface area contributed by atoms with Gasteiger partial charge in [-0.2, -0.15) is 0 Å². The molecule has 1 aromatic heterocycles.